The number of para-hydroxylation sites is 1. The zero-order valence-corrected chi connectivity index (χ0v) is 13.4. The summed E-state index contributed by atoms with van der Waals surface area (Å²) in [5.74, 6) is 0.472. The summed E-state index contributed by atoms with van der Waals surface area (Å²) < 4.78 is 0. The van der Waals surface area contributed by atoms with E-state index < -0.39 is 0 Å². The number of hydrogen-bond acceptors (Lipinski definition) is 2. The Bertz CT molecular complexity index is 625. The predicted molar refractivity (Wildman–Crippen MR) is 89.7 cm³/mol. The zero-order chi connectivity index (χ0) is 14.8. The molecule has 0 amide bonds. The summed E-state index contributed by atoms with van der Waals surface area (Å²) >= 11 is 0. The Hall–Kier alpha value is -1.41. The third kappa shape index (κ3) is 3.11. The number of rotatable bonds is 4. The molecule has 1 saturated carbocycles. The monoisotopic (exact) mass is 282 g/mol. The van der Waals surface area contributed by atoms with Gasteiger partial charge in [0.05, 0.1) is 5.52 Å². The first-order chi connectivity index (χ1) is 10.1. The average Bonchev–Trinajstić information content (AvgIpc) is 2.98. The summed E-state index contributed by atoms with van der Waals surface area (Å²) in [4.78, 5) is 4.89. The summed E-state index contributed by atoms with van der Waals surface area (Å²) in [6.07, 6.45) is 5.42. The first kappa shape index (κ1) is 14.5. The van der Waals surface area contributed by atoms with E-state index in [0.717, 1.165) is 6.54 Å². The molecule has 0 aliphatic heterocycles. The molecule has 1 N–H and O–H groups in total. The van der Waals surface area contributed by atoms with Gasteiger partial charge in [0, 0.05) is 23.7 Å². The molecule has 0 atom stereocenters. The van der Waals surface area contributed by atoms with Gasteiger partial charge in [0.1, 0.15) is 0 Å². The van der Waals surface area contributed by atoms with Crippen molar-refractivity contribution >= 4 is 10.9 Å². The Labute approximate surface area is 128 Å². The fourth-order valence-electron chi connectivity index (χ4n) is 3.31. The quantitative estimate of drug-likeness (QED) is 0.879. The molecule has 0 spiro atoms. The van der Waals surface area contributed by atoms with Gasteiger partial charge in [0.25, 0.3) is 0 Å². The molecule has 3 rings (SSSR count). The standard InChI is InChI=1S/C19H26N2/c1-13(2)18-11-15(12-20-16-8-4-5-9-16)17-10-6-7-14(3)19(17)21-18/h6-7,10-11,13,16,20H,4-5,8-9,12H2,1-3H3. The van der Waals surface area contributed by atoms with Gasteiger partial charge in [-0.1, -0.05) is 44.9 Å². The number of nitrogens with zero attached hydrogens (tertiary/aromatic N) is 1. The van der Waals surface area contributed by atoms with Gasteiger partial charge >= 0.3 is 0 Å². The molecule has 2 nitrogen and oxygen atoms in total. The zero-order valence-electron chi connectivity index (χ0n) is 13.4. The Balaban J connectivity index is 1.96. The molecule has 1 aromatic carbocycles. The van der Waals surface area contributed by atoms with Gasteiger partial charge in [-0.15, -0.1) is 0 Å². The second kappa shape index (κ2) is 6.15. The smallest absolute Gasteiger partial charge is 0.0737 e. The second-order valence-electron chi connectivity index (χ2n) is 6.69. The van der Waals surface area contributed by atoms with Crippen LogP contribution in [0, 0.1) is 6.92 Å². The third-order valence-corrected chi connectivity index (χ3v) is 4.67. The number of fused-ring (bicyclic) bond motifs is 1. The Kier molecular flexibility index (Phi) is 4.25. The van der Waals surface area contributed by atoms with E-state index in [1.165, 1.54) is 53.4 Å². The molecule has 0 saturated heterocycles. The summed E-state index contributed by atoms with van der Waals surface area (Å²) in [5, 5.41) is 5.06. The molecule has 1 aliphatic rings. The average molecular weight is 282 g/mol. The van der Waals surface area contributed by atoms with Crippen LogP contribution < -0.4 is 5.32 Å². The Morgan fingerprint density at radius 2 is 2.00 bits per heavy atom. The molecule has 21 heavy (non-hydrogen) atoms. The highest BCUT2D eigenvalue weighted by Crippen LogP contribution is 2.25. The van der Waals surface area contributed by atoms with Crippen molar-refractivity contribution in [2.24, 2.45) is 0 Å². The van der Waals surface area contributed by atoms with Crippen LogP contribution in [-0.4, -0.2) is 11.0 Å². The molecule has 1 aromatic heterocycles. The van der Waals surface area contributed by atoms with Gasteiger partial charge in [-0.2, -0.15) is 0 Å². The van der Waals surface area contributed by atoms with E-state index in [4.69, 9.17) is 4.98 Å². The van der Waals surface area contributed by atoms with Crippen LogP contribution in [0.25, 0.3) is 10.9 Å². The fraction of sp³-hybridized carbons (Fsp3) is 0.526. The molecule has 2 aromatic rings. The molecule has 0 radical (unpaired) electrons. The fourth-order valence-corrected chi connectivity index (χ4v) is 3.31. The normalized spacial score (nSPS) is 16.2. The summed E-state index contributed by atoms with van der Waals surface area (Å²) in [7, 11) is 0. The highest BCUT2D eigenvalue weighted by molar-refractivity contribution is 5.85. The van der Waals surface area contributed by atoms with Crippen LogP contribution in [0.2, 0.25) is 0 Å². The maximum atomic E-state index is 4.89. The van der Waals surface area contributed by atoms with Crippen molar-refractivity contribution in [1.82, 2.24) is 10.3 Å². The van der Waals surface area contributed by atoms with Crippen LogP contribution in [0.5, 0.6) is 0 Å². The van der Waals surface area contributed by atoms with Crippen LogP contribution in [0.1, 0.15) is 62.3 Å². The first-order valence-electron chi connectivity index (χ1n) is 8.27. The topological polar surface area (TPSA) is 24.9 Å². The summed E-state index contributed by atoms with van der Waals surface area (Å²) in [6, 6.07) is 9.53. The maximum absolute atomic E-state index is 4.89. The van der Waals surface area contributed by atoms with Crippen LogP contribution >= 0.6 is 0 Å². The lowest BCUT2D eigenvalue weighted by Gasteiger charge is -2.16. The lowest BCUT2D eigenvalue weighted by molar-refractivity contribution is 0.525. The molecule has 2 heteroatoms. The SMILES string of the molecule is Cc1cccc2c(CNC3CCCC3)cc(C(C)C)nc12. The Morgan fingerprint density at radius 1 is 1.24 bits per heavy atom. The van der Waals surface area contributed by atoms with Crippen LogP contribution in [0.3, 0.4) is 0 Å². The number of hydrogen-bond donors (Lipinski definition) is 1. The molecule has 1 aliphatic carbocycles. The molecular weight excluding hydrogens is 256 g/mol. The molecule has 1 fully saturated rings. The molecule has 0 bridgehead atoms. The van der Waals surface area contributed by atoms with Crippen molar-refractivity contribution in [1.29, 1.82) is 0 Å². The number of aromatic nitrogens is 1. The summed E-state index contributed by atoms with van der Waals surface area (Å²) in [5.41, 5.74) is 5.06. The van der Waals surface area contributed by atoms with E-state index in [1.54, 1.807) is 0 Å². The van der Waals surface area contributed by atoms with E-state index >= 15 is 0 Å². The van der Waals surface area contributed by atoms with Gasteiger partial charge in [-0.05, 0) is 42.9 Å². The first-order valence-corrected chi connectivity index (χ1v) is 8.27. The van der Waals surface area contributed by atoms with Gasteiger partial charge in [0.15, 0.2) is 0 Å². The molecule has 0 unspecified atom stereocenters. The van der Waals surface area contributed by atoms with Crippen molar-refractivity contribution in [3.8, 4) is 0 Å². The van der Waals surface area contributed by atoms with Crippen molar-refractivity contribution < 1.29 is 0 Å². The van der Waals surface area contributed by atoms with Crippen LogP contribution in [0.15, 0.2) is 24.3 Å². The summed E-state index contributed by atoms with van der Waals surface area (Å²) in [6.45, 7) is 7.57. The van der Waals surface area contributed by atoms with Crippen molar-refractivity contribution in [3.63, 3.8) is 0 Å². The van der Waals surface area contributed by atoms with Gasteiger partial charge < -0.3 is 5.32 Å². The largest absolute Gasteiger partial charge is 0.310 e. The van der Waals surface area contributed by atoms with Crippen LogP contribution in [-0.2, 0) is 6.54 Å². The minimum absolute atomic E-state index is 0.472. The minimum Gasteiger partial charge on any atom is -0.310 e. The molecule has 112 valence electrons. The molecule has 1 heterocycles. The third-order valence-electron chi connectivity index (χ3n) is 4.67. The van der Waals surface area contributed by atoms with Crippen molar-refractivity contribution in [3.05, 3.63) is 41.1 Å². The van der Waals surface area contributed by atoms with E-state index in [1.807, 2.05) is 0 Å². The number of aryl methyl sites for hydroxylation is 1. The van der Waals surface area contributed by atoms with Crippen molar-refractivity contribution in [2.75, 3.05) is 0 Å². The lowest BCUT2D eigenvalue weighted by Crippen LogP contribution is -2.25. The predicted octanol–water partition coefficient (Wildman–Crippen LogP) is 4.70. The van der Waals surface area contributed by atoms with E-state index in [2.05, 4.69) is 50.4 Å². The van der Waals surface area contributed by atoms with Crippen LogP contribution in [0.4, 0.5) is 0 Å². The van der Waals surface area contributed by atoms with Gasteiger partial charge in [-0.25, -0.2) is 0 Å². The number of nitrogens with one attached hydrogen (secondary N) is 1. The minimum atomic E-state index is 0.472. The highest BCUT2D eigenvalue weighted by Gasteiger charge is 2.15. The number of benzene rings is 1. The second-order valence-corrected chi connectivity index (χ2v) is 6.69. The maximum Gasteiger partial charge on any atom is 0.0737 e. The van der Waals surface area contributed by atoms with E-state index in [-0.39, 0.29) is 0 Å². The Morgan fingerprint density at radius 3 is 2.71 bits per heavy atom. The number of pyridine rings is 1. The van der Waals surface area contributed by atoms with Gasteiger partial charge in [-0.3, -0.25) is 4.98 Å². The molecular formula is C19H26N2. The van der Waals surface area contributed by atoms with Gasteiger partial charge in [0.2, 0.25) is 0 Å². The highest BCUT2D eigenvalue weighted by atomic mass is 14.9. The van der Waals surface area contributed by atoms with Crippen molar-refractivity contribution in [2.45, 2.75) is 65.0 Å². The van der Waals surface area contributed by atoms with E-state index in [0.29, 0.717) is 12.0 Å². The van der Waals surface area contributed by atoms with E-state index in [9.17, 15) is 0 Å². The lowest BCUT2D eigenvalue weighted by atomic mass is 10.0.